The van der Waals surface area contributed by atoms with Crippen LogP contribution < -0.4 is 0 Å². The Hall–Kier alpha value is -1.89. The maximum atomic E-state index is 12.3. The molecule has 6 heteroatoms. The molecule has 0 saturated heterocycles. The van der Waals surface area contributed by atoms with Crippen molar-refractivity contribution in [3.05, 3.63) is 29.8 Å². The van der Waals surface area contributed by atoms with Crippen molar-refractivity contribution in [3.8, 4) is 12.1 Å². The summed E-state index contributed by atoms with van der Waals surface area (Å²) in [5.41, 5.74) is 0.118. The zero-order chi connectivity index (χ0) is 13.6. The van der Waals surface area contributed by atoms with Gasteiger partial charge in [-0.05, 0) is 12.1 Å². The van der Waals surface area contributed by atoms with Crippen molar-refractivity contribution in [2.75, 3.05) is 13.1 Å². The van der Waals surface area contributed by atoms with Crippen molar-refractivity contribution in [1.82, 2.24) is 4.31 Å². The third-order valence-electron chi connectivity index (χ3n) is 2.45. The zero-order valence-corrected chi connectivity index (χ0v) is 10.8. The Labute approximate surface area is 107 Å². The molecule has 0 atom stereocenters. The molecule has 1 rings (SSSR count). The van der Waals surface area contributed by atoms with Crippen molar-refractivity contribution in [2.45, 2.75) is 18.2 Å². The minimum atomic E-state index is -3.71. The summed E-state index contributed by atoms with van der Waals surface area (Å²) in [5, 5.41) is 17.5. The predicted octanol–water partition coefficient (Wildman–Crippen LogP) is 1.48. The van der Waals surface area contributed by atoms with Crippen LogP contribution in [0.1, 0.15) is 18.9 Å². The topological polar surface area (TPSA) is 85.0 Å². The summed E-state index contributed by atoms with van der Waals surface area (Å²) >= 11 is 0. The van der Waals surface area contributed by atoms with Gasteiger partial charge in [-0.1, -0.05) is 19.1 Å². The molecule has 0 aliphatic heterocycles. The Balaban J connectivity index is 3.20. The molecule has 1 aromatic carbocycles. The van der Waals surface area contributed by atoms with Gasteiger partial charge in [0.05, 0.1) is 16.5 Å². The van der Waals surface area contributed by atoms with Gasteiger partial charge in [0.15, 0.2) is 0 Å². The first kappa shape index (κ1) is 14.2. The first-order valence-corrected chi connectivity index (χ1v) is 6.88. The first-order valence-electron chi connectivity index (χ1n) is 5.44. The average Bonchev–Trinajstić information content (AvgIpc) is 2.39. The highest BCUT2D eigenvalue weighted by Crippen LogP contribution is 2.19. The van der Waals surface area contributed by atoms with Gasteiger partial charge in [0.2, 0.25) is 10.0 Å². The molecule has 5 nitrogen and oxygen atoms in total. The average molecular weight is 263 g/mol. The summed E-state index contributed by atoms with van der Waals surface area (Å²) in [5.74, 6) is 0. The molecular formula is C12H13N3O2S. The van der Waals surface area contributed by atoms with Crippen LogP contribution in [0.3, 0.4) is 0 Å². The number of nitriles is 2. The Morgan fingerprint density at radius 2 is 1.94 bits per heavy atom. The number of rotatable bonds is 5. The van der Waals surface area contributed by atoms with Crippen LogP contribution >= 0.6 is 0 Å². The molecule has 18 heavy (non-hydrogen) atoms. The van der Waals surface area contributed by atoms with Crippen molar-refractivity contribution in [3.63, 3.8) is 0 Å². The second kappa shape index (κ2) is 6.15. The monoisotopic (exact) mass is 263 g/mol. The van der Waals surface area contributed by atoms with Gasteiger partial charge >= 0.3 is 0 Å². The van der Waals surface area contributed by atoms with E-state index in [0.29, 0.717) is 0 Å². The van der Waals surface area contributed by atoms with Gasteiger partial charge in [-0.2, -0.15) is 14.8 Å². The van der Waals surface area contributed by atoms with Crippen LogP contribution in [0.2, 0.25) is 0 Å². The fourth-order valence-electron chi connectivity index (χ4n) is 1.55. The molecule has 0 aliphatic rings. The van der Waals surface area contributed by atoms with E-state index in [-0.39, 0.29) is 30.0 Å². The molecule has 0 aromatic heterocycles. The van der Waals surface area contributed by atoms with E-state index in [1.165, 1.54) is 16.4 Å². The molecule has 0 spiro atoms. The number of hydrogen-bond donors (Lipinski definition) is 0. The normalized spacial score (nSPS) is 10.9. The van der Waals surface area contributed by atoms with Crippen LogP contribution in [0, 0.1) is 22.7 Å². The Morgan fingerprint density at radius 1 is 1.28 bits per heavy atom. The van der Waals surface area contributed by atoms with Crippen molar-refractivity contribution in [2.24, 2.45) is 0 Å². The third-order valence-corrected chi connectivity index (χ3v) is 4.48. The van der Waals surface area contributed by atoms with Crippen LogP contribution in [0.25, 0.3) is 0 Å². The molecule has 0 saturated carbocycles. The number of benzene rings is 1. The smallest absolute Gasteiger partial charge is 0.207 e. The summed E-state index contributed by atoms with van der Waals surface area (Å²) in [7, 11) is -3.71. The summed E-state index contributed by atoms with van der Waals surface area (Å²) in [6, 6.07) is 9.84. The second-order valence-corrected chi connectivity index (χ2v) is 5.42. The Kier molecular flexibility index (Phi) is 4.85. The highest BCUT2D eigenvalue weighted by Gasteiger charge is 2.25. The standard InChI is InChI=1S/C12H13N3O2S/c1-2-15(9-5-8-13)18(16,17)12-7-4-3-6-11(12)10-14/h3-4,6-7H,2,5,9H2,1H3. The van der Waals surface area contributed by atoms with Gasteiger partial charge < -0.3 is 0 Å². The van der Waals surface area contributed by atoms with Crippen LogP contribution in [0.4, 0.5) is 0 Å². The predicted molar refractivity (Wildman–Crippen MR) is 65.8 cm³/mol. The van der Waals surface area contributed by atoms with Gasteiger partial charge in [0.25, 0.3) is 0 Å². The van der Waals surface area contributed by atoms with E-state index in [2.05, 4.69) is 0 Å². The van der Waals surface area contributed by atoms with E-state index in [1.54, 1.807) is 19.1 Å². The lowest BCUT2D eigenvalue weighted by molar-refractivity contribution is 0.435. The highest BCUT2D eigenvalue weighted by atomic mass is 32.2. The molecule has 0 fully saturated rings. The molecule has 0 unspecified atom stereocenters. The molecule has 0 N–H and O–H groups in total. The van der Waals surface area contributed by atoms with Crippen LogP contribution in [-0.2, 0) is 10.0 Å². The maximum absolute atomic E-state index is 12.3. The van der Waals surface area contributed by atoms with Gasteiger partial charge in [0, 0.05) is 19.5 Å². The third kappa shape index (κ3) is 2.86. The quantitative estimate of drug-likeness (QED) is 0.805. The number of nitrogens with zero attached hydrogens (tertiary/aromatic N) is 3. The van der Waals surface area contributed by atoms with Crippen molar-refractivity contribution >= 4 is 10.0 Å². The largest absolute Gasteiger partial charge is 0.244 e. The van der Waals surface area contributed by atoms with Crippen LogP contribution in [0.5, 0.6) is 0 Å². The van der Waals surface area contributed by atoms with Crippen LogP contribution in [-0.4, -0.2) is 25.8 Å². The van der Waals surface area contributed by atoms with E-state index in [9.17, 15) is 8.42 Å². The SMILES string of the molecule is CCN(CCC#N)S(=O)(=O)c1ccccc1C#N. The van der Waals surface area contributed by atoms with Gasteiger partial charge in [-0.25, -0.2) is 8.42 Å². The van der Waals surface area contributed by atoms with E-state index in [1.807, 2.05) is 12.1 Å². The molecule has 0 amide bonds. The lowest BCUT2D eigenvalue weighted by Crippen LogP contribution is -2.32. The maximum Gasteiger partial charge on any atom is 0.244 e. The first-order chi connectivity index (χ1) is 8.57. The van der Waals surface area contributed by atoms with E-state index in [0.717, 1.165) is 0 Å². The second-order valence-electron chi connectivity index (χ2n) is 3.51. The number of hydrogen-bond acceptors (Lipinski definition) is 4. The van der Waals surface area contributed by atoms with Crippen molar-refractivity contribution < 1.29 is 8.42 Å². The lowest BCUT2D eigenvalue weighted by Gasteiger charge is -2.19. The molecule has 0 heterocycles. The van der Waals surface area contributed by atoms with E-state index in [4.69, 9.17) is 10.5 Å². The van der Waals surface area contributed by atoms with Crippen molar-refractivity contribution in [1.29, 1.82) is 10.5 Å². The molecule has 94 valence electrons. The van der Waals surface area contributed by atoms with E-state index >= 15 is 0 Å². The summed E-state index contributed by atoms with van der Waals surface area (Å²) in [4.78, 5) is -0.00714. The molecule has 0 bridgehead atoms. The summed E-state index contributed by atoms with van der Waals surface area (Å²) < 4.78 is 25.8. The fraction of sp³-hybridized carbons (Fsp3) is 0.333. The molecular weight excluding hydrogens is 250 g/mol. The fourth-order valence-corrected chi connectivity index (χ4v) is 3.14. The molecule has 1 aromatic rings. The summed E-state index contributed by atoms with van der Waals surface area (Å²) in [6.45, 7) is 2.10. The Morgan fingerprint density at radius 3 is 2.50 bits per heavy atom. The highest BCUT2D eigenvalue weighted by molar-refractivity contribution is 7.89. The Bertz CT molecular complexity index is 596. The van der Waals surface area contributed by atoms with E-state index < -0.39 is 10.0 Å². The minimum Gasteiger partial charge on any atom is -0.207 e. The van der Waals surface area contributed by atoms with Gasteiger partial charge in [-0.15, -0.1) is 0 Å². The summed E-state index contributed by atoms with van der Waals surface area (Å²) in [6.07, 6.45) is 0.127. The minimum absolute atomic E-state index is 0.00714. The van der Waals surface area contributed by atoms with Gasteiger partial charge in [0.1, 0.15) is 6.07 Å². The molecule has 0 radical (unpaired) electrons. The van der Waals surface area contributed by atoms with Crippen LogP contribution in [0.15, 0.2) is 29.2 Å². The molecule has 0 aliphatic carbocycles. The number of sulfonamides is 1. The lowest BCUT2D eigenvalue weighted by atomic mass is 10.2. The van der Waals surface area contributed by atoms with Gasteiger partial charge in [-0.3, -0.25) is 0 Å². The zero-order valence-electron chi connectivity index (χ0n) is 10.00.